The second-order valence-electron chi connectivity index (χ2n) is 5.36. The van der Waals surface area contributed by atoms with E-state index < -0.39 is 4.92 Å². The lowest BCUT2D eigenvalue weighted by Crippen LogP contribution is -2.11. The van der Waals surface area contributed by atoms with E-state index in [2.05, 4.69) is 10.5 Å². The molecule has 0 saturated heterocycles. The van der Waals surface area contributed by atoms with E-state index in [4.69, 9.17) is 9.47 Å². The zero-order valence-corrected chi connectivity index (χ0v) is 13.4. The maximum Gasteiger partial charge on any atom is 0.269 e. The molecule has 1 unspecified atom stereocenters. The predicted molar refractivity (Wildman–Crippen MR) is 89.7 cm³/mol. The number of non-ortho nitro benzene ring substituents is 1. The number of rotatable bonds is 5. The Hall–Kier alpha value is -3.09. The Bertz CT molecular complexity index is 787. The van der Waals surface area contributed by atoms with Crippen LogP contribution in [0.4, 0.5) is 5.69 Å². The van der Waals surface area contributed by atoms with Gasteiger partial charge < -0.3 is 14.9 Å². The van der Waals surface area contributed by atoms with Crippen molar-refractivity contribution >= 4 is 11.4 Å². The number of nitro benzene ring substituents is 1. The number of hydrazone groups is 1. The summed E-state index contributed by atoms with van der Waals surface area (Å²) in [6.45, 7) is 0. The smallest absolute Gasteiger partial charge is 0.269 e. The Kier molecular flexibility index (Phi) is 4.33. The second-order valence-corrected chi connectivity index (χ2v) is 5.36. The Morgan fingerprint density at radius 2 is 1.92 bits per heavy atom. The first-order valence-corrected chi connectivity index (χ1v) is 7.41. The molecule has 0 amide bonds. The number of nitro groups is 1. The third kappa shape index (κ3) is 3.01. The standard InChI is InChI=1S/C17H17N3O4/c1-23-13-7-8-17(24-2)14(9-13)16-10-15(18-19-16)11-3-5-12(6-4-11)20(21)22/h3-9,16,19H,10H2,1-2H3. The average Bonchev–Trinajstić information content (AvgIpc) is 3.11. The van der Waals surface area contributed by atoms with Crippen LogP contribution in [0.2, 0.25) is 0 Å². The van der Waals surface area contributed by atoms with E-state index in [1.807, 2.05) is 18.2 Å². The molecule has 24 heavy (non-hydrogen) atoms. The van der Waals surface area contributed by atoms with Gasteiger partial charge in [0.05, 0.1) is 30.9 Å². The van der Waals surface area contributed by atoms with Gasteiger partial charge in [-0.05, 0) is 35.9 Å². The van der Waals surface area contributed by atoms with Gasteiger partial charge in [0.15, 0.2) is 0 Å². The van der Waals surface area contributed by atoms with Gasteiger partial charge in [0.25, 0.3) is 5.69 Å². The maximum absolute atomic E-state index is 10.7. The van der Waals surface area contributed by atoms with Crippen LogP contribution in [-0.2, 0) is 0 Å². The third-order valence-corrected chi connectivity index (χ3v) is 3.98. The van der Waals surface area contributed by atoms with Gasteiger partial charge >= 0.3 is 0 Å². The molecule has 0 saturated carbocycles. The molecule has 124 valence electrons. The molecule has 0 aliphatic carbocycles. The Labute approximate surface area is 139 Å². The molecule has 3 rings (SSSR count). The van der Waals surface area contributed by atoms with Gasteiger partial charge in [-0.25, -0.2) is 0 Å². The first-order chi connectivity index (χ1) is 11.6. The van der Waals surface area contributed by atoms with Crippen LogP contribution in [0.15, 0.2) is 47.6 Å². The molecule has 0 aromatic heterocycles. The second kappa shape index (κ2) is 6.57. The summed E-state index contributed by atoms with van der Waals surface area (Å²) in [5.74, 6) is 1.50. The van der Waals surface area contributed by atoms with Gasteiger partial charge in [-0.15, -0.1) is 0 Å². The highest BCUT2D eigenvalue weighted by atomic mass is 16.6. The molecule has 0 radical (unpaired) electrons. The van der Waals surface area contributed by atoms with Crippen LogP contribution in [0.3, 0.4) is 0 Å². The number of nitrogens with one attached hydrogen (secondary N) is 1. The molecule has 1 heterocycles. The minimum atomic E-state index is -0.414. The number of nitrogens with zero attached hydrogens (tertiary/aromatic N) is 2. The fourth-order valence-corrected chi connectivity index (χ4v) is 2.69. The first kappa shape index (κ1) is 15.8. The van der Waals surface area contributed by atoms with E-state index in [0.717, 1.165) is 28.3 Å². The topological polar surface area (TPSA) is 86.0 Å². The molecule has 0 bridgehead atoms. The Balaban J connectivity index is 1.80. The lowest BCUT2D eigenvalue weighted by Gasteiger charge is -2.15. The van der Waals surface area contributed by atoms with E-state index in [9.17, 15) is 10.1 Å². The highest BCUT2D eigenvalue weighted by Gasteiger charge is 2.24. The van der Waals surface area contributed by atoms with Crippen LogP contribution in [0.5, 0.6) is 11.5 Å². The predicted octanol–water partition coefficient (Wildman–Crippen LogP) is 3.05. The van der Waals surface area contributed by atoms with Crippen molar-refractivity contribution in [1.29, 1.82) is 0 Å². The van der Waals surface area contributed by atoms with Crippen molar-refractivity contribution in [2.45, 2.75) is 12.5 Å². The summed E-state index contributed by atoms with van der Waals surface area (Å²) >= 11 is 0. The molecular weight excluding hydrogens is 310 g/mol. The van der Waals surface area contributed by atoms with Crippen molar-refractivity contribution in [1.82, 2.24) is 5.43 Å². The Morgan fingerprint density at radius 3 is 2.54 bits per heavy atom. The van der Waals surface area contributed by atoms with E-state index in [1.165, 1.54) is 12.1 Å². The lowest BCUT2D eigenvalue weighted by molar-refractivity contribution is -0.384. The monoisotopic (exact) mass is 327 g/mol. The van der Waals surface area contributed by atoms with E-state index >= 15 is 0 Å². The van der Waals surface area contributed by atoms with Crippen LogP contribution in [0, 0.1) is 10.1 Å². The molecule has 2 aromatic rings. The molecule has 0 spiro atoms. The van der Waals surface area contributed by atoms with Gasteiger partial charge in [0.2, 0.25) is 0 Å². The summed E-state index contributed by atoms with van der Waals surface area (Å²) in [4.78, 5) is 10.3. The van der Waals surface area contributed by atoms with Gasteiger partial charge in [0, 0.05) is 24.1 Å². The van der Waals surface area contributed by atoms with E-state index in [0.29, 0.717) is 6.42 Å². The van der Waals surface area contributed by atoms with Crippen molar-refractivity contribution in [3.63, 3.8) is 0 Å². The van der Waals surface area contributed by atoms with Gasteiger partial charge in [-0.1, -0.05) is 0 Å². The van der Waals surface area contributed by atoms with Crippen molar-refractivity contribution in [2.75, 3.05) is 14.2 Å². The number of benzene rings is 2. The zero-order valence-electron chi connectivity index (χ0n) is 13.4. The minimum Gasteiger partial charge on any atom is -0.497 e. The molecule has 2 aromatic carbocycles. The average molecular weight is 327 g/mol. The number of hydrogen-bond donors (Lipinski definition) is 1. The summed E-state index contributed by atoms with van der Waals surface area (Å²) in [5, 5.41) is 15.1. The number of methoxy groups -OCH3 is 2. The quantitative estimate of drug-likeness (QED) is 0.674. The van der Waals surface area contributed by atoms with Crippen LogP contribution in [-0.4, -0.2) is 24.9 Å². The highest BCUT2D eigenvalue weighted by molar-refractivity contribution is 6.02. The highest BCUT2D eigenvalue weighted by Crippen LogP contribution is 2.34. The van der Waals surface area contributed by atoms with Crippen molar-refractivity contribution in [3.05, 3.63) is 63.7 Å². The van der Waals surface area contributed by atoms with Crippen LogP contribution < -0.4 is 14.9 Å². The van der Waals surface area contributed by atoms with Crippen LogP contribution in [0.1, 0.15) is 23.6 Å². The molecule has 7 heteroatoms. The van der Waals surface area contributed by atoms with Gasteiger partial charge in [-0.2, -0.15) is 5.10 Å². The van der Waals surface area contributed by atoms with Crippen LogP contribution >= 0.6 is 0 Å². The maximum atomic E-state index is 10.7. The van der Waals surface area contributed by atoms with Crippen molar-refractivity contribution < 1.29 is 14.4 Å². The molecular formula is C17H17N3O4. The third-order valence-electron chi connectivity index (χ3n) is 3.98. The summed E-state index contributed by atoms with van der Waals surface area (Å²) in [5.41, 5.74) is 5.83. The zero-order chi connectivity index (χ0) is 17.1. The normalized spacial score (nSPS) is 16.2. The van der Waals surface area contributed by atoms with E-state index in [-0.39, 0.29) is 11.7 Å². The van der Waals surface area contributed by atoms with Crippen molar-refractivity contribution in [3.8, 4) is 11.5 Å². The number of hydrogen-bond acceptors (Lipinski definition) is 6. The minimum absolute atomic E-state index is 0.0414. The summed E-state index contributed by atoms with van der Waals surface area (Å²) in [7, 11) is 3.24. The Morgan fingerprint density at radius 1 is 1.17 bits per heavy atom. The summed E-state index contributed by atoms with van der Waals surface area (Å²) in [6.07, 6.45) is 0.654. The first-order valence-electron chi connectivity index (χ1n) is 7.41. The lowest BCUT2D eigenvalue weighted by atomic mass is 9.98. The molecule has 0 fully saturated rings. The molecule has 1 aliphatic heterocycles. The van der Waals surface area contributed by atoms with Crippen molar-refractivity contribution in [2.24, 2.45) is 5.10 Å². The SMILES string of the molecule is COc1ccc(OC)c(C2CC(c3ccc([N+](=O)[O-])cc3)=NN2)c1. The fraction of sp³-hybridized carbons (Fsp3) is 0.235. The molecule has 1 atom stereocenters. The number of ether oxygens (including phenoxy) is 2. The van der Waals surface area contributed by atoms with Gasteiger partial charge in [0.1, 0.15) is 11.5 Å². The van der Waals surface area contributed by atoms with Crippen LogP contribution in [0.25, 0.3) is 0 Å². The molecule has 7 nitrogen and oxygen atoms in total. The van der Waals surface area contributed by atoms with E-state index in [1.54, 1.807) is 26.4 Å². The summed E-state index contributed by atoms with van der Waals surface area (Å²) in [6, 6.07) is 12.0. The summed E-state index contributed by atoms with van der Waals surface area (Å²) < 4.78 is 10.7. The molecule has 1 aliphatic rings. The fourth-order valence-electron chi connectivity index (χ4n) is 2.69. The van der Waals surface area contributed by atoms with Gasteiger partial charge in [-0.3, -0.25) is 10.1 Å². The largest absolute Gasteiger partial charge is 0.497 e. The molecule has 1 N–H and O–H groups in total.